The molecule has 1 aromatic carbocycles. The first-order valence-corrected chi connectivity index (χ1v) is 4.44. The van der Waals surface area contributed by atoms with E-state index in [0.29, 0.717) is 10.6 Å². The third kappa shape index (κ3) is 2.72. The summed E-state index contributed by atoms with van der Waals surface area (Å²) in [4.78, 5) is 3.80. The van der Waals surface area contributed by atoms with Crippen molar-refractivity contribution >= 4 is 22.8 Å². The van der Waals surface area contributed by atoms with Crippen LogP contribution in [-0.2, 0) is 0 Å². The second kappa shape index (κ2) is 5.21. The van der Waals surface area contributed by atoms with Crippen LogP contribution in [0.5, 0.6) is 0 Å². The fourth-order valence-corrected chi connectivity index (χ4v) is 1.12. The van der Waals surface area contributed by atoms with Crippen molar-refractivity contribution in [1.82, 2.24) is 0 Å². The molecule has 0 atom stereocenters. The van der Waals surface area contributed by atoms with Gasteiger partial charge in [0, 0.05) is 18.3 Å². The summed E-state index contributed by atoms with van der Waals surface area (Å²) in [6.07, 6.45) is 3.34. The molecule has 0 N–H and O–H groups in total. The van der Waals surface area contributed by atoms with E-state index in [9.17, 15) is 0 Å². The van der Waals surface area contributed by atoms with Gasteiger partial charge in [-0.15, -0.1) is 0 Å². The predicted molar refractivity (Wildman–Crippen MR) is 59.4 cm³/mol. The minimum Gasteiger partial charge on any atom is -0.296 e. The van der Waals surface area contributed by atoms with Crippen molar-refractivity contribution in [3.63, 3.8) is 0 Å². The zero-order chi connectivity index (χ0) is 10.4. The van der Waals surface area contributed by atoms with E-state index in [1.54, 1.807) is 43.6 Å². The van der Waals surface area contributed by atoms with Crippen molar-refractivity contribution in [3.8, 4) is 6.07 Å². The summed E-state index contributed by atoms with van der Waals surface area (Å²) in [5.74, 6) is 0. The molecule has 0 radical (unpaired) electrons. The van der Waals surface area contributed by atoms with Crippen LogP contribution >= 0.6 is 11.6 Å². The summed E-state index contributed by atoms with van der Waals surface area (Å²) in [5, 5.41) is 9.20. The average Bonchev–Trinajstić information content (AvgIpc) is 2.26. The van der Waals surface area contributed by atoms with Gasteiger partial charge in [0.1, 0.15) is 0 Å². The normalized spacial score (nSPS) is 11.6. The second-order valence-corrected chi connectivity index (χ2v) is 3.02. The molecule has 70 valence electrons. The maximum Gasteiger partial charge on any atom is 0.0991 e. The first-order chi connectivity index (χ1) is 6.77. The van der Waals surface area contributed by atoms with Crippen LogP contribution in [0.2, 0.25) is 0 Å². The molecule has 0 spiro atoms. The number of nitrogens with zero attached hydrogens (tertiary/aromatic N) is 2. The molecule has 0 aliphatic carbocycles. The third-order valence-corrected chi connectivity index (χ3v) is 2.00. The number of allylic oxidation sites excluding steroid dienone is 1. The van der Waals surface area contributed by atoms with Crippen LogP contribution in [0.1, 0.15) is 11.1 Å². The van der Waals surface area contributed by atoms with E-state index in [1.165, 1.54) is 0 Å². The van der Waals surface area contributed by atoms with Gasteiger partial charge in [-0.05, 0) is 23.8 Å². The lowest BCUT2D eigenvalue weighted by Gasteiger charge is -1.97. The van der Waals surface area contributed by atoms with Crippen LogP contribution < -0.4 is 0 Å². The molecule has 0 fully saturated rings. The molecule has 0 unspecified atom stereocenters. The Bertz CT molecular complexity index is 396. The fourth-order valence-electron chi connectivity index (χ4n) is 0.940. The summed E-state index contributed by atoms with van der Waals surface area (Å²) in [7, 11) is 1.68. The molecule has 1 rings (SSSR count). The van der Waals surface area contributed by atoms with Gasteiger partial charge in [0.05, 0.1) is 11.6 Å². The van der Waals surface area contributed by atoms with E-state index >= 15 is 0 Å². The average molecular weight is 205 g/mol. The number of halogens is 1. The molecule has 0 aliphatic rings. The second-order valence-electron chi connectivity index (χ2n) is 2.61. The Kier molecular flexibility index (Phi) is 3.90. The standard InChI is InChI=1S/C11H9ClN2/c1-14-7-6-11(12)10-4-2-9(8-13)3-5-10/h2-7H,1H3/b11-6-,14-7?. The van der Waals surface area contributed by atoms with Crippen LogP contribution in [0.15, 0.2) is 35.3 Å². The van der Waals surface area contributed by atoms with E-state index in [1.807, 2.05) is 6.07 Å². The van der Waals surface area contributed by atoms with Gasteiger partial charge in [-0.1, -0.05) is 23.7 Å². The van der Waals surface area contributed by atoms with Gasteiger partial charge >= 0.3 is 0 Å². The van der Waals surface area contributed by atoms with Gasteiger partial charge < -0.3 is 0 Å². The van der Waals surface area contributed by atoms with Gasteiger partial charge in [0.2, 0.25) is 0 Å². The largest absolute Gasteiger partial charge is 0.296 e. The fraction of sp³-hybridized carbons (Fsp3) is 0.0909. The highest BCUT2D eigenvalue weighted by Crippen LogP contribution is 2.18. The van der Waals surface area contributed by atoms with E-state index in [2.05, 4.69) is 4.99 Å². The Balaban J connectivity index is 2.93. The van der Waals surface area contributed by atoms with Gasteiger partial charge in [0.25, 0.3) is 0 Å². The molecule has 2 nitrogen and oxygen atoms in total. The maximum atomic E-state index is 8.59. The molecule has 3 heteroatoms. The number of rotatable bonds is 2. The number of hydrogen-bond acceptors (Lipinski definition) is 2. The molecular weight excluding hydrogens is 196 g/mol. The van der Waals surface area contributed by atoms with Crippen LogP contribution in [0.3, 0.4) is 0 Å². The number of hydrogen-bond donors (Lipinski definition) is 0. The predicted octanol–water partition coefficient (Wildman–Crippen LogP) is 2.84. The Morgan fingerprint density at radius 1 is 1.43 bits per heavy atom. The molecule has 0 aliphatic heterocycles. The van der Waals surface area contributed by atoms with Crippen molar-refractivity contribution in [3.05, 3.63) is 41.5 Å². The van der Waals surface area contributed by atoms with Gasteiger partial charge in [-0.3, -0.25) is 4.99 Å². The minimum atomic E-state index is 0.611. The van der Waals surface area contributed by atoms with Crippen molar-refractivity contribution in [2.24, 2.45) is 4.99 Å². The van der Waals surface area contributed by atoms with Crippen LogP contribution in [0.4, 0.5) is 0 Å². The minimum absolute atomic E-state index is 0.611. The topological polar surface area (TPSA) is 36.1 Å². The van der Waals surface area contributed by atoms with E-state index in [0.717, 1.165) is 5.56 Å². The lowest BCUT2D eigenvalue weighted by atomic mass is 10.1. The lowest BCUT2D eigenvalue weighted by molar-refractivity contribution is 1.47. The smallest absolute Gasteiger partial charge is 0.0991 e. The first kappa shape index (κ1) is 10.5. The highest BCUT2D eigenvalue weighted by Gasteiger charge is 1.96. The number of benzene rings is 1. The Morgan fingerprint density at radius 3 is 2.57 bits per heavy atom. The molecule has 0 bridgehead atoms. The lowest BCUT2D eigenvalue weighted by Crippen LogP contribution is -1.79. The molecule has 14 heavy (non-hydrogen) atoms. The van der Waals surface area contributed by atoms with E-state index in [-0.39, 0.29) is 0 Å². The Labute approximate surface area is 88.2 Å². The molecule has 0 saturated heterocycles. The summed E-state index contributed by atoms with van der Waals surface area (Å²) >= 11 is 5.97. The van der Waals surface area contributed by atoms with Crippen molar-refractivity contribution in [2.45, 2.75) is 0 Å². The number of aliphatic imine (C=N–C) groups is 1. The quantitative estimate of drug-likeness (QED) is 0.683. The van der Waals surface area contributed by atoms with E-state index in [4.69, 9.17) is 16.9 Å². The van der Waals surface area contributed by atoms with Crippen molar-refractivity contribution < 1.29 is 0 Å². The molecule has 0 saturated carbocycles. The van der Waals surface area contributed by atoms with Gasteiger partial charge in [0.15, 0.2) is 0 Å². The maximum absolute atomic E-state index is 8.59. The summed E-state index contributed by atoms with van der Waals surface area (Å²) in [6, 6.07) is 9.12. The van der Waals surface area contributed by atoms with Gasteiger partial charge in [-0.2, -0.15) is 5.26 Å². The van der Waals surface area contributed by atoms with Crippen molar-refractivity contribution in [1.29, 1.82) is 5.26 Å². The monoisotopic (exact) mass is 204 g/mol. The molecule has 1 aromatic rings. The zero-order valence-electron chi connectivity index (χ0n) is 7.74. The van der Waals surface area contributed by atoms with Crippen LogP contribution in [0.25, 0.3) is 5.03 Å². The van der Waals surface area contributed by atoms with Crippen molar-refractivity contribution in [2.75, 3.05) is 7.05 Å². The molecule has 0 amide bonds. The van der Waals surface area contributed by atoms with Crippen LogP contribution in [0, 0.1) is 11.3 Å². The summed E-state index contributed by atoms with van der Waals surface area (Å²) in [6.45, 7) is 0. The highest BCUT2D eigenvalue weighted by atomic mass is 35.5. The Hall–Kier alpha value is -1.59. The molecule has 0 aromatic heterocycles. The summed E-state index contributed by atoms with van der Waals surface area (Å²) in [5.41, 5.74) is 1.51. The first-order valence-electron chi connectivity index (χ1n) is 4.06. The van der Waals surface area contributed by atoms with E-state index < -0.39 is 0 Å². The van der Waals surface area contributed by atoms with Gasteiger partial charge in [-0.25, -0.2) is 0 Å². The molecular formula is C11H9ClN2. The SMILES string of the molecule is CN=C/C=C(\Cl)c1ccc(C#N)cc1. The summed E-state index contributed by atoms with van der Waals surface area (Å²) < 4.78 is 0. The van der Waals surface area contributed by atoms with Crippen LogP contribution in [-0.4, -0.2) is 13.3 Å². The Morgan fingerprint density at radius 2 is 2.07 bits per heavy atom. The molecule has 0 heterocycles. The zero-order valence-corrected chi connectivity index (χ0v) is 8.49. The number of nitriles is 1. The third-order valence-electron chi connectivity index (χ3n) is 1.66. The highest BCUT2D eigenvalue weighted by molar-refractivity contribution is 6.49.